The molecule has 0 radical (unpaired) electrons. The van der Waals surface area contributed by atoms with Crippen molar-refractivity contribution < 1.29 is 8.78 Å². The zero-order chi connectivity index (χ0) is 17.6. The first kappa shape index (κ1) is 20.9. The van der Waals surface area contributed by atoms with Crippen LogP contribution in [0.2, 0.25) is 0 Å². The van der Waals surface area contributed by atoms with E-state index in [1.807, 2.05) is 23.1 Å². The zero-order valence-electron chi connectivity index (χ0n) is 15.3. The van der Waals surface area contributed by atoms with Crippen LogP contribution in [0.1, 0.15) is 45.4 Å². The van der Waals surface area contributed by atoms with E-state index in [0.717, 1.165) is 30.4 Å². The molecule has 0 aliphatic carbocycles. The van der Waals surface area contributed by atoms with Crippen LogP contribution in [-0.2, 0) is 0 Å². The maximum absolute atomic E-state index is 14.2. The van der Waals surface area contributed by atoms with Gasteiger partial charge in [-0.2, -0.15) is 0 Å². The first-order chi connectivity index (χ1) is 12.2. The normalized spacial score (nSPS) is 12.9. The number of nitrogens with zero attached hydrogens (tertiary/aromatic N) is 2. The molecule has 0 saturated carbocycles. The van der Waals surface area contributed by atoms with Crippen LogP contribution >= 0.6 is 24.0 Å². The Hall–Kier alpha value is -1.37. The lowest BCUT2D eigenvalue weighted by atomic mass is 10.1. The molecule has 3 rings (SSSR count). The van der Waals surface area contributed by atoms with E-state index >= 15 is 0 Å². The number of unbranched alkanes of at least 4 members (excludes halogenated alkanes) is 5. The predicted molar refractivity (Wildman–Crippen MR) is 116 cm³/mol. The summed E-state index contributed by atoms with van der Waals surface area (Å²) in [5, 5.41) is 0. The number of anilines is 3. The summed E-state index contributed by atoms with van der Waals surface area (Å²) in [6.45, 7) is 3.80. The van der Waals surface area contributed by atoms with Crippen molar-refractivity contribution >= 4 is 41.0 Å². The number of rotatable bonds is 8. The summed E-state index contributed by atoms with van der Waals surface area (Å²) < 4.78 is 27.5. The van der Waals surface area contributed by atoms with Crippen molar-refractivity contribution in [1.82, 2.24) is 0 Å². The van der Waals surface area contributed by atoms with Gasteiger partial charge in [-0.3, -0.25) is 0 Å². The first-order valence-corrected chi connectivity index (χ1v) is 9.27. The second kappa shape index (κ2) is 10.1. The first-order valence-electron chi connectivity index (χ1n) is 9.27. The van der Waals surface area contributed by atoms with Crippen LogP contribution in [0.3, 0.4) is 0 Å². The molecule has 5 heteroatoms. The summed E-state index contributed by atoms with van der Waals surface area (Å²) in [7, 11) is 0. The van der Waals surface area contributed by atoms with E-state index in [0.29, 0.717) is 12.4 Å². The van der Waals surface area contributed by atoms with Crippen molar-refractivity contribution in [3.05, 3.63) is 54.1 Å². The van der Waals surface area contributed by atoms with Crippen LogP contribution in [0.4, 0.5) is 25.8 Å². The minimum Gasteiger partial charge on any atom is -0.352 e. The average molecular weight is 472 g/mol. The SMILES string of the molecule is CCCCCCCCN1CN(c2ccc(F)cc2F)c2ccccc21.I. The highest BCUT2D eigenvalue weighted by Gasteiger charge is 2.27. The Kier molecular flexibility index (Phi) is 8.13. The van der Waals surface area contributed by atoms with Crippen LogP contribution < -0.4 is 9.80 Å². The summed E-state index contributed by atoms with van der Waals surface area (Å²) in [6, 6.07) is 11.8. The molecule has 1 aliphatic rings. The Bertz CT molecular complexity index is 708. The van der Waals surface area contributed by atoms with Gasteiger partial charge in [-0.25, -0.2) is 8.78 Å². The molecule has 0 amide bonds. The third-order valence-electron chi connectivity index (χ3n) is 4.81. The van der Waals surface area contributed by atoms with Gasteiger partial charge in [0.15, 0.2) is 0 Å². The van der Waals surface area contributed by atoms with Crippen molar-refractivity contribution in [2.24, 2.45) is 0 Å². The summed E-state index contributed by atoms with van der Waals surface area (Å²) in [5.41, 5.74) is 2.54. The quantitative estimate of drug-likeness (QED) is 0.306. The Morgan fingerprint density at radius 2 is 1.54 bits per heavy atom. The number of benzene rings is 2. The standard InChI is InChI=1S/C21H26F2N2.HI/c1-2-3-4-5-6-9-14-24-16-25(21-11-8-7-10-20(21)24)19-13-12-17(22)15-18(19)23;/h7-8,10-13,15H,2-6,9,14,16H2,1H3;1H. The molecule has 0 aromatic heterocycles. The van der Waals surface area contributed by atoms with Crippen LogP contribution in [0.25, 0.3) is 0 Å². The summed E-state index contributed by atoms with van der Waals surface area (Å²) in [6.07, 6.45) is 7.52. The fourth-order valence-electron chi connectivity index (χ4n) is 3.46. The molecule has 142 valence electrons. The molecule has 0 unspecified atom stereocenters. The highest BCUT2D eigenvalue weighted by Crippen LogP contribution is 2.41. The smallest absolute Gasteiger partial charge is 0.149 e. The van der Waals surface area contributed by atoms with Gasteiger partial charge in [0.1, 0.15) is 11.6 Å². The van der Waals surface area contributed by atoms with Gasteiger partial charge < -0.3 is 9.80 Å². The maximum Gasteiger partial charge on any atom is 0.149 e. The molecule has 0 N–H and O–H groups in total. The van der Waals surface area contributed by atoms with Gasteiger partial charge in [0.25, 0.3) is 0 Å². The maximum atomic E-state index is 14.2. The van der Waals surface area contributed by atoms with E-state index in [-0.39, 0.29) is 24.0 Å². The summed E-state index contributed by atoms with van der Waals surface area (Å²) in [5.74, 6) is -1.06. The van der Waals surface area contributed by atoms with Gasteiger partial charge >= 0.3 is 0 Å². The van der Waals surface area contributed by atoms with Crippen LogP contribution in [0.15, 0.2) is 42.5 Å². The third kappa shape index (κ3) is 4.87. The van der Waals surface area contributed by atoms with Crippen LogP contribution in [0, 0.1) is 11.6 Å². The number of para-hydroxylation sites is 2. The van der Waals surface area contributed by atoms with Crippen molar-refractivity contribution in [1.29, 1.82) is 0 Å². The average Bonchev–Trinajstić information content (AvgIpc) is 2.97. The highest BCUT2D eigenvalue weighted by molar-refractivity contribution is 14.0. The molecule has 0 bridgehead atoms. The Labute approximate surface area is 172 Å². The third-order valence-corrected chi connectivity index (χ3v) is 4.81. The largest absolute Gasteiger partial charge is 0.352 e. The van der Waals surface area contributed by atoms with Gasteiger partial charge in [-0.15, -0.1) is 24.0 Å². The Morgan fingerprint density at radius 1 is 0.846 bits per heavy atom. The molecule has 1 aliphatic heterocycles. The highest BCUT2D eigenvalue weighted by atomic mass is 127. The minimum atomic E-state index is -0.544. The Morgan fingerprint density at radius 3 is 2.27 bits per heavy atom. The second-order valence-corrected chi connectivity index (χ2v) is 6.69. The van der Waals surface area contributed by atoms with Crippen LogP contribution in [-0.4, -0.2) is 13.2 Å². The zero-order valence-corrected chi connectivity index (χ0v) is 17.6. The molecule has 0 saturated heterocycles. The van der Waals surface area contributed by atoms with Crippen molar-refractivity contribution in [2.45, 2.75) is 45.4 Å². The minimum absolute atomic E-state index is 0. The fraction of sp³-hybridized carbons (Fsp3) is 0.429. The molecule has 26 heavy (non-hydrogen) atoms. The van der Waals surface area contributed by atoms with Gasteiger partial charge in [0, 0.05) is 12.6 Å². The molecular formula is C21H27F2IN2. The second-order valence-electron chi connectivity index (χ2n) is 6.69. The van der Waals surface area contributed by atoms with Crippen LogP contribution in [0.5, 0.6) is 0 Å². The number of hydrogen-bond donors (Lipinski definition) is 0. The number of halogens is 3. The lowest BCUT2D eigenvalue weighted by Gasteiger charge is -2.22. The molecule has 0 atom stereocenters. The van der Waals surface area contributed by atoms with Gasteiger partial charge in [-0.1, -0.05) is 51.2 Å². The van der Waals surface area contributed by atoms with E-state index in [1.165, 1.54) is 44.2 Å². The lowest BCUT2D eigenvalue weighted by Crippen LogP contribution is -2.29. The molecule has 2 aromatic rings. The van der Waals surface area contributed by atoms with Crippen molar-refractivity contribution in [3.63, 3.8) is 0 Å². The van der Waals surface area contributed by atoms with Gasteiger partial charge in [-0.05, 0) is 30.7 Å². The molecule has 2 nitrogen and oxygen atoms in total. The molecule has 0 spiro atoms. The fourth-order valence-corrected chi connectivity index (χ4v) is 3.46. The van der Waals surface area contributed by atoms with E-state index in [9.17, 15) is 8.78 Å². The van der Waals surface area contributed by atoms with E-state index in [4.69, 9.17) is 0 Å². The summed E-state index contributed by atoms with van der Waals surface area (Å²) >= 11 is 0. The van der Waals surface area contributed by atoms with Gasteiger partial charge in [0.05, 0.1) is 23.7 Å². The van der Waals surface area contributed by atoms with E-state index in [2.05, 4.69) is 17.9 Å². The molecular weight excluding hydrogens is 445 g/mol. The summed E-state index contributed by atoms with van der Waals surface area (Å²) in [4.78, 5) is 4.22. The molecule has 1 heterocycles. The topological polar surface area (TPSA) is 6.48 Å². The lowest BCUT2D eigenvalue weighted by molar-refractivity contribution is 0.581. The predicted octanol–water partition coefficient (Wildman–Crippen LogP) is 6.86. The molecule has 0 fully saturated rings. The van der Waals surface area contributed by atoms with E-state index in [1.54, 1.807) is 0 Å². The number of fused-ring (bicyclic) bond motifs is 1. The van der Waals surface area contributed by atoms with Crippen molar-refractivity contribution in [2.75, 3.05) is 23.0 Å². The monoisotopic (exact) mass is 472 g/mol. The number of hydrogen-bond acceptors (Lipinski definition) is 2. The Balaban J connectivity index is 0.00000243. The van der Waals surface area contributed by atoms with Gasteiger partial charge in [0.2, 0.25) is 0 Å². The van der Waals surface area contributed by atoms with E-state index < -0.39 is 11.6 Å². The van der Waals surface area contributed by atoms with Crippen molar-refractivity contribution in [3.8, 4) is 0 Å². The molecule has 2 aromatic carbocycles.